The lowest BCUT2D eigenvalue weighted by Gasteiger charge is -2.01. The number of nitrogens with one attached hydrogen (secondary N) is 1. The van der Waals surface area contributed by atoms with Crippen LogP contribution in [0, 0.1) is 0 Å². The monoisotopic (exact) mass is 348 g/mol. The maximum absolute atomic E-state index is 4.52. The van der Waals surface area contributed by atoms with Crippen molar-refractivity contribution in [3.63, 3.8) is 0 Å². The maximum Gasteiger partial charge on any atom is 0.188 e. The molecule has 136 valence electrons. The van der Waals surface area contributed by atoms with Crippen molar-refractivity contribution < 1.29 is 0 Å². The second-order valence-corrected chi connectivity index (χ2v) is 4.49. The van der Waals surface area contributed by atoms with Crippen LogP contribution in [0.4, 0.5) is 5.13 Å². The summed E-state index contributed by atoms with van der Waals surface area (Å²) in [5.41, 5.74) is 1.90. The molecule has 0 atom stereocenters. The molecule has 0 aliphatic carbocycles. The summed E-state index contributed by atoms with van der Waals surface area (Å²) in [5, 5.41) is 4.11. The van der Waals surface area contributed by atoms with E-state index in [9.17, 15) is 0 Å². The maximum atomic E-state index is 4.52. The average Bonchev–Trinajstić information content (AvgIpc) is 3.02. The van der Waals surface area contributed by atoms with Crippen molar-refractivity contribution >= 4 is 28.6 Å². The molecular formula is C21H36N2S. The third-order valence-electron chi connectivity index (χ3n) is 2.09. The van der Waals surface area contributed by atoms with E-state index in [1.54, 1.807) is 17.4 Å². The van der Waals surface area contributed by atoms with Crippen LogP contribution in [0.15, 0.2) is 49.2 Å². The number of allylic oxidation sites excluding steroid dienone is 5. The zero-order valence-electron chi connectivity index (χ0n) is 16.8. The SMILES string of the molecule is C=C/C=C(\C=C/C)Nc1nc(/C=C\C)c(C=C)s1.CC.CC.CC. The molecule has 0 aliphatic heterocycles. The van der Waals surface area contributed by atoms with Crippen LogP contribution in [-0.4, -0.2) is 4.98 Å². The Hall–Kier alpha value is -1.87. The van der Waals surface area contributed by atoms with Gasteiger partial charge in [-0.2, -0.15) is 0 Å². The molecule has 0 bridgehead atoms. The highest BCUT2D eigenvalue weighted by Crippen LogP contribution is 2.26. The highest BCUT2D eigenvalue weighted by molar-refractivity contribution is 7.16. The van der Waals surface area contributed by atoms with Gasteiger partial charge in [0.2, 0.25) is 0 Å². The minimum atomic E-state index is 0.851. The number of rotatable bonds is 6. The standard InChI is InChI=1S/C15H18N2S.3C2H6/c1-5-9-12(10-6-2)16-15-17-13(11-7-3)14(8-4)18-15;3*1-2/h5-11H,1,4H2,2-3H3,(H,16,17);3*1-2H3/b10-6-,11-7-,12-9+;;;. The minimum absolute atomic E-state index is 0.851. The molecule has 0 unspecified atom stereocenters. The van der Waals surface area contributed by atoms with Gasteiger partial charge in [-0.05, 0) is 38.2 Å². The molecule has 1 N–H and O–H groups in total. The predicted molar refractivity (Wildman–Crippen MR) is 118 cm³/mol. The quantitative estimate of drug-likeness (QED) is 0.527. The third-order valence-corrected chi connectivity index (χ3v) is 3.07. The van der Waals surface area contributed by atoms with Crippen molar-refractivity contribution in [1.82, 2.24) is 4.98 Å². The summed E-state index contributed by atoms with van der Waals surface area (Å²) in [6.07, 6.45) is 13.4. The van der Waals surface area contributed by atoms with E-state index in [0.29, 0.717) is 0 Å². The van der Waals surface area contributed by atoms with Crippen molar-refractivity contribution in [3.8, 4) is 0 Å². The lowest BCUT2D eigenvalue weighted by molar-refractivity contribution is 1.33. The van der Waals surface area contributed by atoms with Crippen LogP contribution >= 0.6 is 11.3 Å². The molecule has 1 rings (SSSR count). The number of hydrogen-bond donors (Lipinski definition) is 1. The van der Waals surface area contributed by atoms with E-state index in [0.717, 1.165) is 21.4 Å². The number of nitrogens with zero attached hydrogens (tertiary/aromatic N) is 1. The highest BCUT2D eigenvalue weighted by atomic mass is 32.1. The van der Waals surface area contributed by atoms with Gasteiger partial charge in [0, 0.05) is 5.70 Å². The van der Waals surface area contributed by atoms with E-state index in [-0.39, 0.29) is 0 Å². The van der Waals surface area contributed by atoms with Gasteiger partial charge < -0.3 is 5.32 Å². The fourth-order valence-electron chi connectivity index (χ4n) is 1.39. The van der Waals surface area contributed by atoms with Gasteiger partial charge in [-0.3, -0.25) is 0 Å². The fourth-order valence-corrected chi connectivity index (χ4v) is 2.21. The normalized spacial score (nSPS) is 9.92. The van der Waals surface area contributed by atoms with Crippen LogP contribution in [0.25, 0.3) is 12.2 Å². The Labute approximate surface area is 154 Å². The van der Waals surface area contributed by atoms with Crippen LogP contribution in [0.2, 0.25) is 0 Å². The Balaban J connectivity index is -0.000000659. The first-order valence-electron chi connectivity index (χ1n) is 8.73. The van der Waals surface area contributed by atoms with Crippen LogP contribution < -0.4 is 5.32 Å². The molecule has 0 aliphatic rings. The molecule has 2 nitrogen and oxygen atoms in total. The lowest BCUT2D eigenvalue weighted by Crippen LogP contribution is -1.95. The molecule has 3 heteroatoms. The van der Waals surface area contributed by atoms with E-state index in [1.165, 1.54) is 0 Å². The summed E-state index contributed by atoms with van der Waals surface area (Å²) in [4.78, 5) is 5.58. The average molecular weight is 349 g/mol. The molecular weight excluding hydrogens is 312 g/mol. The Morgan fingerprint density at radius 3 is 2.00 bits per heavy atom. The topological polar surface area (TPSA) is 24.9 Å². The van der Waals surface area contributed by atoms with Crippen molar-refractivity contribution in [2.75, 3.05) is 5.32 Å². The Bertz CT molecular complexity index is 506. The van der Waals surface area contributed by atoms with Crippen LogP contribution in [-0.2, 0) is 0 Å². The van der Waals surface area contributed by atoms with Crippen LogP contribution in [0.3, 0.4) is 0 Å². The molecule has 0 fully saturated rings. The van der Waals surface area contributed by atoms with E-state index in [1.807, 2.05) is 91.8 Å². The number of thiazole rings is 1. The number of aromatic nitrogens is 1. The molecule has 1 aromatic heterocycles. The van der Waals surface area contributed by atoms with Crippen molar-refractivity contribution in [3.05, 3.63) is 59.8 Å². The van der Waals surface area contributed by atoms with Crippen molar-refractivity contribution in [1.29, 1.82) is 0 Å². The first-order chi connectivity index (χ1) is 11.7. The van der Waals surface area contributed by atoms with Gasteiger partial charge in [0.15, 0.2) is 5.13 Å². The minimum Gasteiger partial charge on any atom is -0.332 e. The number of hydrogen-bond acceptors (Lipinski definition) is 3. The Morgan fingerprint density at radius 1 is 1.00 bits per heavy atom. The highest BCUT2D eigenvalue weighted by Gasteiger charge is 2.06. The zero-order chi connectivity index (χ0) is 19.4. The molecule has 0 spiro atoms. The van der Waals surface area contributed by atoms with E-state index >= 15 is 0 Å². The molecule has 1 heterocycles. The summed E-state index contributed by atoms with van der Waals surface area (Å²) in [6, 6.07) is 0. The first-order valence-corrected chi connectivity index (χ1v) is 9.55. The summed E-state index contributed by atoms with van der Waals surface area (Å²) in [7, 11) is 0. The van der Waals surface area contributed by atoms with Gasteiger partial charge in [0.1, 0.15) is 0 Å². The molecule has 0 aromatic carbocycles. The second-order valence-electron chi connectivity index (χ2n) is 3.46. The summed E-state index contributed by atoms with van der Waals surface area (Å²) in [5.74, 6) is 0. The van der Waals surface area contributed by atoms with Crippen LogP contribution in [0.1, 0.15) is 66.0 Å². The van der Waals surface area contributed by atoms with Gasteiger partial charge >= 0.3 is 0 Å². The lowest BCUT2D eigenvalue weighted by atomic mass is 10.3. The Kier molecular flexibility index (Phi) is 23.8. The molecule has 0 radical (unpaired) electrons. The molecule has 24 heavy (non-hydrogen) atoms. The smallest absolute Gasteiger partial charge is 0.188 e. The van der Waals surface area contributed by atoms with Crippen molar-refractivity contribution in [2.24, 2.45) is 0 Å². The molecule has 1 aromatic rings. The van der Waals surface area contributed by atoms with Crippen molar-refractivity contribution in [2.45, 2.75) is 55.4 Å². The van der Waals surface area contributed by atoms with Gasteiger partial charge in [0.05, 0.1) is 10.6 Å². The van der Waals surface area contributed by atoms with E-state index < -0.39 is 0 Å². The van der Waals surface area contributed by atoms with E-state index in [4.69, 9.17) is 0 Å². The summed E-state index contributed by atoms with van der Waals surface area (Å²) >= 11 is 1.58. The van der Waals surface area contributed by atoms with Crippen LogP contribution in [0.5, 0.6) is 0 Å². The fraction of sp³-hybridized carbons (Fsp3) is 0.381. The second kappa shape index (κ2) is 21.1. The molecule has 0 amide bonds. The molecule has 0 saturated heterocycles. The summed E-state index contributed by atoms with van der Waals surface area (Å²) in [6.45, 7) is 23.4. The van der Waals surface area contributed by atoms with Gasteiger partial charge in [-0.25, -0.2) is 4.98 Å². The van der Waals surface area contributed by atoms with Gasteiger partial charge in [-0.1, -0.05) is 84.3 Å². The molecule has 0 saturated carbocycles. The van der Waals surface area contributed by atoms with Gasteiger partial charge in [-0.15, -0.1) is 0 Å². The van der Waals surface area contributed by atoms with Gasteiger partial charge in [0.25, 0.3) is 0 Å². The van der Waals surface area contributed by atoms with E-state index in [2.05, 4.69) is 23.5 Å². The zero-order valence-corrected chi connectivity index (χ0v) is 17.6. The largest absolute Gasteiger partial charge is 0.332 e. The first kappa shape index (κ1) is 27.0. The third kappa shape index (κ3) is 11.7. The Morgan fingerprint density at radius 2 is 1.58 bits per heavy atom. The number of anilines is 1. The summed E-state index contributed by atoms with van der Waals surface area (Å²) < 4.78 is 0. The predicted octanol–water partition coefficient (Wildman–Crippen LogP) is 7.96.